The molecule has 1 N–H and O–H groups in total. The van der Waals surface area contributed by atoms with Crippen LogP contribution in [0.1, 0.15) is 30.0 Å². The third-order valence-electron chi connectivity index (χ3n) is 7.17. The molecule has 4 aromatic carbocycles. The molecule has 0 spiro atoms. The van der Waals surface area contributed by atoms with Crippen molar-refractivity contribution < 1.29 is 18.0 Å². The fraction of sp³-hybridized carbons (Fsp3) is 0.235. The second kappa shape index (κ2) is 15.2. The summed E-state index contributed by atoms with van der Waals surface area (Å²) in [6.45, 7) is 3.59. The number of rotatable bonds is 13. The monoisotopic (exact) mass is 651 g/mol. The predicted molar refractivity (Wildman–Crippen MR) is 176 cm³/mol. The van der Waals surface area contributed by atoms with Crippen molar-refractivity contribution in [3.63, 3.8) is 0 Å². The lowest BCUT2D eigenvalue weighted by molar-refractivity contribution is -0.140. The van der Waals surface area contributed by atoms with Crippen molar-refractivity contribution in [2.45, 2.75) is 44.2 Å². The van der Waals surface area contributed by atoms with Crippen molar-refractivity contribution in [3.8, 4) is 0 Å². The average Bonchev–Trinajstić information content (AvgIpc) is 3.03. The van der Waals surface area contributed by atoms with Gasteiger partial charge in [-0.2, -0.15) is 0 Å². The highest BCUT2D eigenvalue weighted by Gasteiger charge is 2.35. The van der Waals surface area contributed by atoms with E-state index in [-0.39, 0.29) is 29.5 Å². The largest absolute Gasteiger partial charge is 0.354 e. The van der Waals surface area contributed by atoms with Gasteiger partial charge in [0.1, 0.15) is 12.6 Å². The van der Waals surface area contributed by atoms with E-state index in [1.165, 1.54) is 23.1 Å². The lowest BCUT2D eigenvalue weighted by atomic mass is 10.0. The van der Waals surface area contributed by atoms with Gasteiger partial charge in [0.15, 0.2) is 0 Å². The number of aryl methyl sites for hydroxylation is 1. The zero-order valence-corrected chi connectivity index (χ0v) is 26.9. The molecule has 4 rings (SSSR count). The normalized spacial score (nSPS) is 11.9. The first kappa shape index (κ1) is 33.1. The molecule has 0 saturated heterocycles. The van der Waals surface area contributed by atoms with Crippen molar-refractivity contribution in [3.05, 3.63) is 130 Å². The van der Waals surface area contributed by atoms with Gasteiger partial charge in [0.05, 0.1) is 10.6 Å². The number of anilines is 1. The Morgan fingerprint density at radius 2 is 1.48 bits per heavy atom. The maximum absolute atomic E-state index is 14.4. The highest BCUT2D eigenvalue weighted by Crippen LogP contribution is 2.29. The minimum absolute atomic E-state index is 0.0105. The molecule has 0 aliphatic heterocycles. The van der Waals surface area contributed by atoms with Gasteiger partial charge in [0.2, 0.25) is 11.8 Å². The maximum Gasteiger partial charge on any atom is 0.264 e. The quantitative estimate of drug-likeness (QED) is 0.175. The van der Waals surface area contributed by atoms with Crippen LogP contribution in [0.5, 0.6) is 0 Å². The Labute approximate surface area is 269 Å². The van der Waals surface area contributed by atoms with Crippen molar-refractivity contribution in [2.75, 3.05) is 17.4 Å². The summed E-state index contributed by atoms with van der Waals surface area (Å²) in [5, 5.41) is 3.71. The van der Waals surface area contributed by atoms with Crippen LogP contribution in [0, 0.1) is 6.92 Å². The first-order chi connectivity index (χ1) is 21.1. The molecule has 0 unspecified atom stereocenters. The number of halogens is 2. The highest BCUT2D eigenvalue weighted by atomic mass is 35.5. The van der Waals surface area contributed by atoms with E-state index in [2.05, 4.69) is 5.32 Å². The van der Waals surface area contributed by atoms with Gasteiger partial charge in [-0.15, -0.1) is 0 Å². The fourth-order valence-corrected chi connectivity index (χ4v) is 6.51. The third kappa shape index (κ3) is 8.20. The summed E-state index contributed by atoms with van der Waals surface area (Å²) in [7, 11) is -4.21. The number of nitrogens with one attached hydrogen (secondary N) is 1. The van der Waals surface area contributed by atoms with Gasteiger partial charge in [0.25, 0.3) is 10.0 Å². The molecule has 0 aliphatic carbocycles. The number of carbonyl (C=O) groups is 2. The topological polar surface area (TPSA) is 86.8 Å². The molecule has 0 aliphatic rings. The number of amides is 2. The Balaban J connectivity index is 1.81. The van der Waals surface area contributed by atoms with Crippen molar-refractivity contribution in [1.82, 2.24) is 10.2 Å². The number of nitrogens with zero attached hydrogens (tertiary/aromatic N) is 2. The Kier molecular flexibility index (Phi) is 11.4. The number of hydrogen-bond acceptors (Lipinski definition) is 4. The molecule has 44 heavy (non-hydrogen) atoms. The van der Waals surface area contributed by atoms with Gasteiger partial charge in [-0.25, -0.2) is 8.42 Å². The lowest BCUT2D eigenvalue weighted by Crippen LogP contribution is -2.53. The standard InChI is InChI=1S/C34H35Cl2N3O4S/c1-3-20-37-34(41)32(21-26-12-6-4-7-13-26)38(23-27-14-10-11-17-30(27)35)33(40)24-39(28-19-18-25(2)31(36)22-28)44(42,43)29-15-8-5-9-16-29/h4-19,22,32H,3,20-21,23-24H2,1-2H3,(H,37,41)/t32-/m0/s1. The SMILES string of the molecule is CCCNC(=O)[C@H](Cc1ccccc1)N(Cc1ccccc1Cl)C(=O)CN(c1ccc(C)c(Cl)c1)S(=O)(=O)c1ccccc1. The van der Waals surface area contributed by atoms with Gasteiger partial charge in [0, 0.05) is 29.6 Å². The highest BCUT2D eigenvalue weighted by molar-refractivity contribution is 7.92. The molecular formula is C34H35Cl2N3O4S. The number of sulfonamides is 1. The van der Waals surface area contributed by atoms with E-state index in [0.29, 0.717) is 28.6 Å². The van der Waals surface area contributed by atoms with E-state index in [1.807, 2.05) is 44.2 Å². The minimum Gasteiger partial charge on any atom is -0.354 e. The molecule has 0 bridgehead atoms. The summed E-state index contributed by atoms with van der Waals surface area (Å²) >= 11 is 13.0. The van der Waals surface area contributed by atoms with Crippen molar-refractivity contribution >= 4 is 50.7 Å². The van der Waals surface area contributed by atoms with Gasteiger partial charge in [-0.05, 0) is 60.4 Å². The Morgan fingerprint density at radius 1 is 0.841 bits per heavy atom. The van der Waals surface area contributed by atoms with Crippen LogP contribution in [0.3, 0.4) is 0 Å². The summed E-state index contributed by atoms with van der Waals surface area (Å²) in [4.78, 5) is 29.6. The fourth-order valence-electron chi connectivity index (χ4n) is 4.72. The van der Waals surface area contributed by atoms with E-state index < -0.39 is 28.5 Å². The van der Waals surface area contributed by atoms with Gasteiger partial charge >= 0.3 is 0 Å². The molecule has 0 fully saturated rings. The zero-order chi connectivity index (χ0) is 31.7. The van der Waals surface area contributed by atoms with E-state index in [1.54, 1.807) is 54.6 Å². The first-order valence-corrected chi connectivity index (χ1v) is 16.5. The molecule has 7 nitrogen and oxygen atoms in total. The van der Waals surface area contributed by atoms with E-state index in [4.69, 9.17) is 23.2 Å². The molecule has 0 aromatic heterocycles. The number of carbonyl (C=O) groups excluding carboxylic acids is 2. The van der Waals surface area contributed by atoms with Gasteiger partial charge in [-0.1, -0.05) is 103 Å². The van der Waals surface area contributed by atoms with Crippen LogP contribution >= 0.6 is 23.2 Å². The third-order valence-corrected chi connectivity index (χ3v) is 9.74. The second-order valence-electron chi connectivity index (χ2n) is 10.4. The summed E-state index contributed by atoms with van der Waals surface area (Å²) < 4.78 is 29.1. The zero-order valence-electron chi connectivity index (χ0n) is 24.6. The molecule has 0 radical (unpaired) electrons. The van der Waals surface area contributed by atoms with Crippen LogP contribution in [-0.4, -0.2) is 44.3 Å². The van der Waals surface area contributed by atoms with E-state index >= 15 is 0 Å². The van der Waals surface area contributed by atoms with Crippen LogP contribution < -0.4 is 9.62 Å². The summed E-state index contributed by atoms with van der Waals surface area (Å²) in [6.07, 6.45) is 0.925. The van der Waals surface area contributed by atoms with Gasteiger partial charge < -0.3 is 10.2 Å². The average molecular weight is 653 g/mol. The van der Waals surface area contributed by atoms with Crippen molar-refractivity contribution in [2.24, 2.45) is 0 Å². The van der Waals surface area contributed by atoms with Crippen LogP contribution in [0.15, 0.2) is 108 Å². The van der Waals surface area contributed by atoms with Crippen molar-refractivity contribution in [1.29, 1.82) is 0 Å². The number of benzene rings is 4. The molecule has 2 amide bonds. The summed E-state index contributed by atoms with van der Waals surface area (Å²) in [5.74, 6) is -0.916. The molecule has 0 heterocycles. The van der Waals surface area contributed by atoms with E-state index in [9.17, 15) is 18.0 Å². The lowest BCUT2D eigenvalue weighted by Gasteiger charge is -2.34. The number of hydrogen-bond donors (Lipinski definition) is 1. The summed E-state index contributed by atoms with van der Waals surface area (Å²) in [6, 6.07) is 28.2. The Hall–Kier alpha value is -3.85. The second-order valence-corrected chi connectivity index (χ2v) is 13.0. The molecular weight excluding hydrogens is 617 g/mol. The molecule has 10 heteroatoms. The van der Waals surface area contributed by atoms with E-state index in [0.717, 1.165) is 15.4 Å². The first-order valence-electron chi connectivity index (χ1n) is 14.3. The van der Waals surface area contributed by atoms with Gasteiger partial charge in [-0.3, -0.25) is 13.9 Å². The molecule has 4 aromatic rings. The molecule has 1 atom stereocenters. The molecule has 230 valence electrons. The Bertz CT molecular complexity index is 1690. The summed E-state index contributed by atoms with van der Waals surface area (Å²) in [5.41, 5.74) is 2.46. The molecule has 0 saturated carbocycles. The smallest absolute Gasteiger partial charge is 0.264 e. The minimum atomic E-state index is -4.21. The Morgan fingerprint density at radius 3 is 2.11 bits per heavy atom. The van der Waals surface area contributed by atoms with Crippen LogP contribution in [0.25, 0.3) is 0 Å². The van der Waals surface area contributed by atoms with Crippen LogP contribution in [-0.2, 0) is 32.6 Å². The maximum atomic E-state index is 14.4. The van der Waals surface area contributed by atoms with Crippen LogP contribution in [0.2, 0.25) is 10.0 Å². The van der Waals surface area contributed by atoms with Crippen LogP contribution in [0.4, 0.5) is 5.69 Å². The predicted octanol–water partition coefficient (Wildman–Crippen LogP) is 6.66.